The van der Waals surface area contributed by atoms with Crippen molar-refractivity contribution in [3.05, 3.63) is 65.2 Å². The van der Waals surface area contributed by atoms with Crippen LogP contribution in [-0.4, -0.2) is 60.1 Å². The van der Waals surface area contributed by atoms with Crippen LogP contribution in [0, 0.1) is 0 Å². The zero-order valence-corrected chi connectivity index (χ0v) is 19.6. The fourth-order valence-electron chi connectivity index (χ4n) is 6.93. The van der Waals surface area contributed by atoms with E-state index in [-0.39, 0.29) is 11.9 Å². The first kappa shape index (κ1) is 21.2. The Morgan fingerprint density at radius 3 is 2.27 bits per heavy atom. The summed E-state index contributed by atoms with van der Waals surface area (Å²) in [7, 11) is 1.74. The van der Waals surface area contributed by atoms with Crippen LogP contribution in [0.2, 0.25) is 0 Å². The zero-order chi connectivity index (χ0) is 22.4. The molecule has 4 aliphatic heterocycles. The molecule has 2 aromatic carbocycles. The van der Waals surface area contributed by atoms with Gasteiger partial charge in [-0.05, 0) is 80.3 Å². The molecule has 33 heavy (non-hydrogen) atoms. The highest BCUT2D eigenvalue weighted by molar-refractivity contribution is 5.94. The van der Waals surface area contributed by atoms with Crippen LogP contribution < -0.4 is 10.1 Å². The van der Waals surface area contributed by atoms with Gasteiger partial charge in [0.25, 0.3) is 5.91 Å². The average Bonchev–Trinajstić information content (AvgIpc) is 3.44. The molecule has 0 aliphatic carbocycles. The van der Waals surface area contributed by atoms with Gasteiger partial charge < -0.3 is 15.0 Å². The summed E-state index contributed by atoms with van der Waals surface area (Å²) in [5.74, 6) is 1.08. The smallest absolute Gasteiger partial charge is 0.253 e. The molecule has 5 unspecified atom stereocenters. The zero-order valence-electron chi connectivity index (χ0n) is 19.6. The number of piperidine rings is 1. The van der Waals surface area contributed by atoms with Crippen molar-refractivity contribution < 1.29 is 9.53 Å². The lowest BCUT2D eigenvalue weighted by molar-refractivity contribution is 0.0723. The standard InChI is InChI=1S/C28H35N3O2/c1-33-22-7-5-6-21(18-22)27(31-25-14-15-26(31)24-13-12-23(25)29-24)19-8-10-20(11-9-19)28(32)30-16-3-2-4-17-30/h5-11,18,23-27,29H,2-4,12-17H2,1H3. The molecule has 5 atom stereocenters. The molecular weight excluding hydrogens is 410 g/mol. The van der Waals surface area contributed by atoms with Gasteiger partial charge in [-0.2, -0.15) is 0 Å². The van der Waals surface area contributed by atoms with Gasteiger partial charge in [0.15, 0.2) is 0 Å². The predicted octanol–water partition coefficient (Wildman–Crippen LogP) is 4.38. The van der Waals surface area contributed by atoms with E-state index in [1.165, 1.54) is 43.2 Å². The molecule has 1 amide bonds. The number of piperazine rings is 1. The van der Waals surface area contributed by atoms with Gasteiger partial charge in [0.2, 0.25) is 0 Å². The van der Waals surface area contributed by atoms with Crippen molar-refractivity contribution in [1.82, 2.24) is 15.1 Å². The van der Waals surface area contributed by atoms with Crippen LogP contribution in [0.15, 0.2) is 48.5 Å². The number of rotatable bonds is 5. The number of benzene rings is 2. The summed E-state index contributed by atoms with van der Waals surface area (Å²) in [5.41, 5.74) is 3.37. The number of methoxy groups -OCH3 is 1. The van der Waals surface area contributed by atoms with Crippen molar-refractivity contribution in [2.24, 2.45) is 0 Å². The van der Waals surface area contributed by atoms with Gasteiger partial charge in [-0.15, -0.1) is 0 Å². The Balaban J connectivity index is 1.35. The summed E-state index contributed by atoms with van der Waals surface area (Å²) in [5, 5.41) is 3.91. The summed E-state index contributed by atoms with van der Waals surface area (Å²) < 4.78 is 5.59. The third kappa shape index (κ3) is 3.75. The first-order valence-electron chi connectivity index (χ1n) is 12.8. The molecule has 2 aromatic rings. The number of hydrogen-bond acceptors (Lipinski definition) is 4. The van der Waals surface area contributed by atoms with E-state index in [4.69, 9.17) is 4.74 Å². The fourth-order valence-corrected chi connectivity index (χ4v) is 6.93. The second-order valence-electron chi connectivity index (χ2n) is 10.3. The van der Waals surface area contributed by atoms with Gasteiger partial charge in [0.1, 0.15) is 5.75 Å². The number of nitrogens with one attached hydrogen (secondary N) is 1. The lowest BCUT2D eigenvalue weighted by Gasteiger charge is -2.45. The normalized spacial score (nSPS) is 29.8. The van der Waals surface area contributed by atoms with Gasteiger partial charge in [-0.3, -0.25) is 9.69 Å². The second kappa shape index (κ2) is 8.77. The van der Waals surface area contributed by atoms with Crippen LogP contribution in [-0.2, 0) is 0 Å². The third-order valence-corrected chi connectivity index (χ3v) is 8.49. The molecule has 0 spiro atoms. The molecule has 1 N–H and O–H groups in total. The minimum Gasteiger partial charge on any atom is -0.497 e. The Bertz CT molecular complexity index is 982. The van der Waals surface area contributed by atoms with Crippen molar-refractivity contribution in [1.29, 1.82) is 0 Å². The largest absolute Gasteiger partial charge is 0.497 e. The summed E-state index contributed by atoms with van der Waals surface area (Å²) in [6.07, 6.45) is 8.59. The van der Waals surface area contributed by atoms with Crippen LogP contribution in [0.1, 0.15) is 72.5 Å². The number of carbonyl (C=O) groups excluding carboxylic acids is 1. The Labute approximate surface area is 197 Å². The SMILES string of the molecule is COc1cccc(C(c2ccc(C(=O)N3CCCCC3)cc2)N2C3CCC2C2CCC3N2)c1. The van der Waals surface area contributed by atoms with Crippen LogP contribution in [0.25, 0.3) is 0 Å². The van der Waals surface area contributed by atoms with E-state index in [1.807, 2.05) is 11.0 Å². The van der Waals surface area contributed by atoms with Gasteiger partial charge >= 0.3 is 0 Å². The Morgan fingerprint density at radius 2 is 1.61 bits per heavy atom. The lowest BCUT2D eigenvalue weighted by Crippen LogP contribution is -2.59. The van der Waals surface area contributed by atoms with E-state index < -0.39 is 0 Å². The number of carbonyl (C=O) groups is 1. The summed E-state index contributed by atoms with van der Waals surface area (Å²) in [6.45, 7) is 1.78. The van der Waals surface area contributed by atoms with Crippen LogP contribution in [0.4, 0.5) is 0 Å². The van der Waals surface area contributed by atoms with Crippen molar-refractivity contribution in [3.63, 3.8) is 0 Å². The van der Waals surface area contributed by atoms with E-state index in [0.29, 0.717) is 24.2 Å². The van der Waals surface area contributed by atoms with Crippen molar-refractivity contribution in [2.75, 3.05) is 20.2 Å². The monoisotopic (exact) mass is 445 g/mol. The molecule has 4 aliphatic rings. The maximum absolute atomic E-state index is 13.0. The van der Waals surface area contributed by atoms with Gasteiger partial charge in [-0.1, -0.05) is 24.3 Å². The summed E-state index contributed by atoms with van der Waals surface area (Å²) in [4.78, 5) is 17.9. The first-order valence-corrected chi connectivity index (χ1v) is 12.8. The molecule has 5 heteroatoms. The fraction of sp³-hybridized carbons (Fsp3) is 0.536. The Kier molecular flexibility index (Phi) is 5.63. The maximum Gasteiger partial charge on any atom is 0.253 e. The number of ether oxygens (including phenoxy) is 1. The summed E-state index contributed by atoms with van der Waals surface area (Å²) >= 11 is 0. The number of likely N-dealkylation sites (tertiary alicyclic amines) is 1. The highest BCUT2D eigenvalue weighted by atomic mass is 16.5. The molecule has 5 nitrogen and oxygen atoms in total. The molecule has 4 bridgehead atoms. The maximum atomic E-state index is 13.0. The van der Waals surface area contributed by atoms with Crippen LogP contribution in [0.5, 0.6) is 5.75 Å². The van der Waals surface area contributed by atoms with Crippen molar-refractivity contribution >= 4 is 5.91 Å². The molecule has 4 heterocycles. The quantitative estimate of drug-likeness (QED) is 0.742. The van der Waals surface area contributed by atoms with Gasteiger partial charge in [0.05, 0.1) is 13.2 Å². The summed E-state index contributed by atoms with van der Waals surface area (Å²) in [6, 6.07) is 19.6. The first-order chi connectivity index (χ1) is 16.2. The molecule has 0 aromatic heterocycles. The Hall–Kier alpha value is -2.37. The highest BCUT2D eigenvalue weighted by Gasteiger charge is 2.52. The van der Waals surface area contributed by atoms with E-state index in [2.05, 4.69) is 52.7 Å². The topological polar surface area (TPSA) is 44.8 Å². The minimum atomic E-state index is 0.180. The van der Waals surface area contributed by atoms with E-state index >= 15 is 0 Å². The van der Waals surface area contributed by atoms with Crippen molar-refractivity contribution in [3.8, 4) is 5.75 Å². The van der Waals surface area contributed by atoms with E-state index in [0.717, 1.165) is 37.2 Å². The highest BCUT2D eigenvalue weighted by Crippen LogP contribution is 2.47. The Morgan fingerprint density at radius 1 is 0.909 bits per heavy atom. The molecule has 6 rings (SSSR count). The van der Waals surface area contributed by atoms with Crippen LogP contribution in [0.3, 0.4) is 0 Å². The molecule has 0 radical (unpaired) electrons. The average molecular weight is 446 g/mol. The third-order valence-electron chi connectivity index (χ3n) is 8.49. The van der Waals surface area contributed by atoms with E-state index in [9.17, 15) is 4.79 Å². The molecule has 4 fully saturated rings. The van der Waals surface area contributed by atoms with Gasteiger partial charge in [-0.25, -0.2) is 0 Å². The minimum absolute atomic E-state index is 0.180. The predicted molar refractivity (Wildman–Crippen MR) is 130 cm³/mol. The van der Waals surface area contributed by atoms with E-state index in [1.54, 1.807) is 7.11 Å². The van der Waals surface area contributed by atoms with Gasteiger partial charge in [0, 0.05) is 42.8 Å². The van der Waals surface area contributed by atoms with Crippen molar-refractivity contribution in [2.45, 2.75) is 75.2 Å². The lowest BCUT2D eigenvalue weighted by atomic mass is 9.92. The molecule has 4 saturated heterocycles. The molecule has 0 saturated carbocycles. The number of fused-ring (bicyclic) bond motifs is 6. The number of nitrogens with zero attached hydrogens (tertiary/aromatic N) is 2. The number of hydrogen-bond donors (Lipinski definition) is 1. The molecule has 174 valence electrons. The van der Waals surface area contributed by atoms with Crippen LogP contribution >= 0.6 is 0 Å². The molecular formula is C28H35N3O2. The second-order valence-corrected chi connectivity index (χ2v) is 10.3. The number of amides is 1.